The summed E-state index contributed by atoms with van der Waals surface area (Å²) in [6.07, 6.45) is 0.774. The molecule has 2 aromatic carbocycles. The van der Waals surface area contributed by atoms with Crippen molar-refractivity contribution in [2.45, 2.75) is 13.3 Å². The maximum Gasteiger partial charge on any atom is 0.258 e. The van der Waals surface area contributed by atoms with Crippen molar-refractivity contribution in [3.63, 3.8) is 0 Å². The molecule has 0 aliphatic carbocycles. The number of amides is 1. The number of rotatable bonds is 2. The molecular weight excluding hydrogens is 286 g/mol. The molecule has 2 aromatic rings. The van der Waals surface area contributed by atoms with Crippen LogP contribution in [0.1, 0.15) is 33.2 Å². The summed E-state index contributed by atoms with van der Waals surface area (Å²) in [5.74, 6) is 0.00118. The topological polar surface area (TPSA) is 37.4 Å². The first kappa shape index (κ1) is 13.8. The molecule has 0 atom stereocenters. The van der Waals surface area contributed by atoms with E-state index in [4.69, 9.17) is 11.6 Å². The van der Waals surface area contributed by atoms with Crippen LogP contribution in [-0.2, 0) is 6.42 Å². The number of halogens is 1. The van der Waals surface area contributed by atoms with Gasteiger partial charge in [0.05, 0.1) is 0 Å². The lowest BCUT2D eigenvalue weighted by Gasteiger charge is -2.17. The largest absolute Gasteiger partial charge is 0.308 e. The zero-order valence-electron chi connectivity index (χ0n) is 11.6. The first-order valence-electron chi connectivity index (χ1n) is 6.77. The Balaban J connectivity index is 1.92. The number of benzene rings is 2. The average Bonchev–Trinajstić information content (AvgIpc) is 2.90. The molecule has 3 rings (SSSR count). The molecule has 21 heavy (non-hydrogen) atoms. The Morgan fingerprint density at radius 3 is 2.38 bits per heavy atom. The maximum atomic E-state index is 12.6. The summed E-state index contributed by atoms with van der Waals surface area (Å²) in [5.41, 5.74) is 3.24. The quantitative estimate of drug-likeness (QED) is 0.792. The number of carbonyl (C=O) groups is 2. The summed E-state index contributed by atoms with van der Waals surface area (Å²) in [5, 5.41) is 0.611. The van der Waals surface area contributed by atoms with Crippen LogP contribution in [0.3, 0.4) is 0 Å². The molecule has 0 aromatic heterocycles. The highest BCUT2D eigenvalue weighted by Gasteiger charge is 2.25. The van der Waals surface area contributed by atoms with Crippen molar-refractivity contribution in [1.82, 2.24) is 0 Å². The van der Waals surface area contributed by atoms with Crippen molar-refractivity contribution in [1.29, 1.82) is 0 Å². The minimum absolute atomic E-state index is 0.0407. The second kappa shape index (κ2) is 5.34. The van der Waals surface area contributed by atoms with E-state index in [0.29, 0.717) is 22.7 Å². The van der Waals surface area contributed by atoms with Crippen LogP contribution < -0.4 is 4.90 Å². The summed E-state index contributed by atoms with van der Waals surface area (Å²) in [6, 6.07) is 12.4. The molecule has 1 aliphatic rings. The average molecular weight is 300 g/mol. The third kappa shape index (κ3) is 2.57. The molecule has 0 radical (unpaired) electrons. The lowest BCUT2D eigenvalue weighted by atomic mass is 10.1. The Morgan fingerprint density at radius 1 is 1.05 bits per heavy atom. The fourth-order valence-electron chi connectivity index (χ4n) is 2.58. The van der Waals surface area contributed by atoms with E-state index < -0.39 is 0 Å². The van der Waals surface area contributed by atoms with Crippen LogP contribution in [-0.4, -0.2) is 18.2 Å². The van der Waals surface area contributed by atoms with Crippen molar-refractivity contribution in [3.05, 3.63) is 64.2 Å². The summed E-state index contributed by atoms with van der Waals surface area (Å²) >= 11 is 5.85. The molecule has 0 N–H and O–H groups in total. The first-order chi connectivity index (χ1) is 10.1. The Labute approximate surface area is 128 Å². The Bertz CT molecular complexity index is 722. The van der Waals surface area contributed by atoms with Crippen LogP contribution in [0.4, 0.5) is 5.69 Å². The van der Waals surface area contributed by atoms with Gasteiger partial charge in [-0.2, -0.15) is 0 Å². The highest BCUT2D eigenvalue weighted by Crippen LogP contribution is 2.30. The molecule has 0 bridgehead atoms. The molecule has 0 saturated heterocycles. The molecule has 1 aliphatic heterocycles. The van der Waals surface area contributed by atoms with Gasteiger partial charge in [-0.25, -0.2) is 0 Å². The normalized spacial score (nSPS) is 13.1. The van der Waals surface area contributed by atoms with Gasteiger partial charge in [-0.05, 0) is 61.4 Å². The van der Waals surface area contributed by atoms with Crippen molar-refractivity contribution < 1.29 is 9.59 Å². The van der Waals surface area contributed by atoms with Crippen LogP contribution in [0, 0.1) is 0 Å². The van der Waals surface area contributed by atoms with Crippen molar-refractivity contribution in [3.8, 4) is 0 Å². The van der Waals surface area contributed by atoms with Crippen LogP contribution in [0.5, 0.6) is 0 Å². The van der Waals surface area contributed by atoms with Gasteiger partial charge in [0.15, 0.2) is 5.78 Å². The SMILES string of the molecule is CC(=O)c1ccc2c(c1)CCN2C(=O)c1ccc(Cl)cc1. The van der Waals surface area contributed by atoms with Crippen molar-refractivity contribution in [2.24, 2.45) is 0 Å². The van der Waals surface area contributed by atoms with Gasteiger partial charge in [-0.3, -0.25) is 9.59 Å². The number of nitrogens with zero attached hydrogens (tertiary/aromatic N) is 1. The van der Waals surface area contributed by atoms with E-state index in [2.05, 4.69) is 0 Å². The van der Waals surface area contributed by atoms with Crippen LogP contribution in [0.15, 0.2) is 42.5 Å². The minimum Gasteiger partial charge on any atom is -0.308 e. The second-order valence-corrected chi connectivity index (χ2v) is 5.55. The predicted octanol–water partition coefficient (Wildman–Crippen LogP) is 3.75. The van der Waals surface area contributed by atoms with Gasteiger partial charge in [0.25, 0.3) is 5.91 Å². The molecule has 0 spiro atoms. The van der Waals surface area contributed by atoms with Gasteiger partial charge in [-0.15, -0.1) is 0 Å². The van der Waals surface area contributed by atoms with E-state index in [1.165, 1.54) is 0 Å². The molecule has 1 heterocycles. The predicted molar refractivity (Wildman–Crippen MR) is 83.3 cm³/mol. The second-order valence-electron chi connectivity index (χ2n) is 5.11. The smallest absolute Gasteiger partial charge is 0.258 e. The molecule has 0 fully saturated rings. The Kier molecular flexibility index (Phi) is 3.52. The van der Waals surface area contributed by atoms with Crippen molar-refractivity contribution >= 4 is 29.0 Å². The summed E-state index contributed by atoms with van der Waals surface area (Å²) in [7, 11) is 0. The number of hydrogen-bond donors (Lipinski definition) is 0. The summed E-state index contributed by atoms with van der Waals surface area (Å²) in [6.45, 7) is 2.19. The van der Waals surface area contributed by atoms with E-state index >= 15 is 0 Å². The highest BCUT2D eigenvalue weighted by atomic mass is 35.5. The molecule has 3 nitrogen and oxygen atoms in total. The van der Waals surface area contributed by atoms with Gasteiger partial charge >= 0.3 is 0 Å². The van der Waals surface area contributed by atoms with Crippen molar-refractivity contribution in [2.75, 3.05) is 11.4 Å². The lowest BCUT2D eigenvalue weighted by Crippen LogP contribution is -2.28. The number of anilines is 1. The van der Waals surface area contributed by atoms with Gasteiger partial charge in [-0.1, -0.05) is 11.6 Å². The Morgan fingerprint density at radius 2 is 1.71 bits per heavy atom. The fourth-order valence-corrected chi connectivity index (χ4v) is 2.71. The number of ketones is 1. The molecule has 106 valence electrons. The third-order valence-corrected chi connectivity index (χ3v) is 3.97. The number of Topliss-reactive ketones (excluding diaryl/α,β-unsaturated/α-hetero) is 1. The van der Waals surface area contributed by atoms with Gasteiger partial charge in [0.2, 0.25) is 0 Å². The molecule has 0 unspecified atom stereocenters. The minimum atomic E-state index is -0.0407. The fraction of sp³-hybridized carbons (Fsp3) is 0.176. The Hall–Kier alpha value is -2.13. The summed E-state index contributed by atoms with van der Waals surface area (Å²) in [4.78, 5) is 25.7. The van der Waals surface area contributed by atoms with E-state index in [9.17, 15) is 9.59 Å². The molecule has 0 saturated carbocycles. The standard InChI is InChI=1S/C17H14ClNO2/c1-11(20)13-4-7-16-14(10-13)8-9-19(16)17(21)12-2-5-15(18)6-3-12/h2-7,10H,8-9H2,1H3. The van der Waals surface area contributed by atoms with E-state index in [1.54, 1.807) is 42.2 Å². The third-order valence-electron chi connectivity index (χ3n) is 3.72. The monoisotopic (exact) mass is 299 g/mol. The van der Waals surface area contributed by atoms with Crippen LogP contribution in [0.2, 0.25) is 5.02 Å². The van der Waals surface area contributed by atoms with Crippen LogP contribution in [0.25, 0.3) is 0 Å². The van der Waals surface area contributed by atoms with Crippen LogP contribution >= 0.6 is 11.6 Å². The molecular formula is C17H14ClNO2. The van der Waals surface area contributed by atoms with E-state index in [1.807, 2.05) is 12.1 Å². The maximum absolute atomic E-state index is 12.6. The van der Waals surface area contributed by atoms with E-state index in [-0.39, 0.29) is 11.7 Å². The molecule has 1 amide bonds. The number of carbonyl (C=O) groups excluding carboxylic acids is 2. The zero-order chi connectivity index (χ0) is 15.0. The summed E-state index contributed by atoms with van der Waals surface area (Å²) < 4.78 is 0. The highest BCUT2D eigenvalue weighted by molar-refractivity contribution is 6.30. The lowest BCUT2D eigenvalue weighted by molar-refractivity contribution is 0.0987. The molecule has 4 heteroatoms. The zero-order valence-corrected chi connectivity index (χ0v) is 12.4. The number of fused-ring (bicyclic) bond motifs is 1. The number of hydrogen-bond acceptors (Lipinski definition) is 2. The first-order valence-corrected chi connectivity index (χ1v) is 7.15. The van der Waals surface area contributed by atoms with Gasteiger partial charge < -0.3 is 4.90 Å². The van der Waals surface area contributed by atoms with E-state index in [0.717, 1.165) is 17.7 Å². The van der Waals surface area contributed by atoms with Gasteiger partial charge in [0.1, 0.15) is 0 Å². The van der Waals surface area contributed by atoms with Gasteiger partial charge in [0, 0.05) is 28.4 Å².